The molecule has 0 fully saturated rings. The van der Waals surface area contributed by atoms with Crippen molar-refractivity contribution in [1.82, 2.24) is 0 Å². The van der Waals surface area contributed by atoms with E-state index >= 15 is 0 Å². The molecule has 13 heavy (non-hydrogen) atoms. The topological polar surface area (TPSA) is 93.1 Å². The van der Waals surface area contributed by atoms with Gasteiger partial charge in [0.25, 0.3) is 0 Å². The summed E-state index contributed by atoms with van der Waals surface area (Å²) >= 11 is 0. The van der Waals surface area contributed by atoms with Crippen LogP contribution in [-0.4, -0.2) is 21.2 Å². The Morgan fingerprint density at radius 3 is 2.31 bits per heavy atom. The molecule has 0 aromatic rings. The quantitative estimate of drug-likeness (QED) is 0.298. The zero-order valence-corrected chi connectivity index (χ0v) is 8.15. The summed E-state index contributed by atoms with van der Waals surface area (Å²) in [6.07, 6.45) is 0.975. The molecule has 0 rings (SSSR count). The van der Waals surface area contributed by atoms with Gasteiger partial charge in [-0.1, -0.05) is 6.58 Å². The van der Waals surface area contributed by atoms with E-state index in [1.165, 1.54) is 13.8 Å². The van der Waals surface area contributed by atoms with Gasteiger partial charge in [-0.25, -0.2) is 9.45 Å². The third-order valence-electron chi connectivity index (χ3n) is 1.12. The Bertz CT molecular complexity index is 252. The maximum absolute atomic E-state index is 11.0. The van der Waals surface area contributed by atoms with Gasteiger partial charge in [-0.2, -0.15) is 0 Å². The van der Waals surface area contributed by atoms with E-state index in [0.29, 0.717) is 0 Å². The Morgan fingerprint density at radius 1 is 1.54 bits per heavy atom. The van der Waals surface area contributed by atoms with Crippen LogP contribution in [0.25, 0.3) is 0 Å². The summed E-state index contributed by atoms with van der Waals surface area (Å²) in [6, 6.07) is 0. The lowest BCUT2D eigenvalue weighted by atomic mass is 10.0. The highest BCUT2D eigenvalue weighted by Crippen LogP contribution is 2.37. The molecule has 0 heterocycles. The first-order valence-electron chi connectivity index (χ1n) is 3.29. The lowest BCUT2D eigenvalue weighted by Gasteiger charge is -2.19. The second-order valence-corrected chi connectivity index (χ2v) is 3.86. The number of ketones is 1. The highest BCUT2D eigenvalue weighted by Gasteiger charge is 2.31. The highest BCUT2D eigenvalue weighted by molar-refractivity contribution is 7.46. The molecule has 0 aromatic carbocycles. The molecule has 0 unspecified atom stereocenters. The van der Waals surface area contributed by atoms with E-state index in [2.05, 4.69) is 16.1 Å². The third kappa shape index (κ3) is 4.92. The fourth-order valence-electron chi connectivity index (χ4n) is 0.429. The lowest BCUT2D eigenvalue weighted by molar-refractivity contribution is -0.280. The lowest BCUT2D eigenvalue weighted by Crippen LogP contribution is -2.33. The van der Waals surface area contributed by atoms with Crippen LogP contribution in [-0.2, 0) is 18.9 Å². The van der Waals surface area contributed by atoms with Crippen LogP contribution in [0.4, 0.5) is 0 Å². The Labute approximate surface area is 75.3 Å². The molecule has 0 aromatic heterocycles. The molecule has 0 saturated heterocycles. The molecule has 0 aliphatic carbocycles. The second-order valence-electron chi connectivity index (χ2n) is 2.73. The second kappa shape index (κ2) is 4.13. The van der Waals surface area contributed by atoms with Gasteiger partial charge in [0.05, 0.1) is 0 Å². The van der Waals surface area contributed by atoms with Crippen molar-refractivity contribution in [2.45, 2.75) is 19.4 Å². The van der Waals surface area contributed by atoms with Crippen molar-refractivity contribution in [2.75, 3.05) is 0 Å². The van der Waals surface area contributed by atoms with E-state index in [-0.39, 0.29) is 0 Å². The summed E-state index contributed by atoms with van der Waals surface area (Å²) in [7, 11) is -4.72. The monoisotopic (exact) mass is 210 g/mol. The largest absolute Gasteiger partial charge is 0.496 e. The molecule has 0 radical (unpaired) electrons. The summed E-state index contributed by atoms with van der Waals surface area (Å²) in [5, 5.41) is 0. The van der Waals surface area contributed by atoms with E-state index in [1.54, 1.807) is 0 Å². The number of carbonyl (C=O) groups excluding carboxylic acids is 1. The van der Waals surface area contributed by atoms with E-state index in [1.807, 2.05) is 0 Å². The predicted octanol–water partition coefficient (Wildman–Crippen LogP) is 0.561. The number of carbonyl (C=O) groups is 1. The normalized spacial score (nSPS) is 12.6. The molecule has 0 aliphatic heterocycles. The van der Waals surface area contributed by atoms with Crippen molar-refractivity contribution in [3.63, 3.8) is 0 Å². The smallest absolute Gasteiger partial charge is 0.301 e. The maximum Gasteiger partial charge on any atom is 0.496 e. The van der Waals surface area contributed by atoms with Crippen LogP contribution < -0.4 is 0 Å². The SMILES string of the molecule is C=CC(=O)C(C)(C)OOP(=O)(O)O. The summed E-state index contributed by atoms with van der Waals surface area (Å²) in [5.74, 6) is -0.541. The molecule has 0 saturated carbocycles. The first-order chi connectivity index (χ1) is 5.69. The molecule has 2 N–H and O–H groups in total. The van der Waals surface area contributed by atoms with Gasteiger partial charge < -0.3 is 9.79 Å². The van der Waals surface area contributed by atoms with Crippen LogP contribution in [0, 0.1) is 0 Å². The van der Waals surface area contributed by atoms with E-state index in [9.17, 15) is 9.36 Å². The fraction of sp³-hybridized carbons (Fsp3) is 0.500. The number of hydrogen-bond donors (Lipinski definition) is 2. The van der Waals surface area contributed by atoms with Crippen LogP contribution >= 0.6 is 7.82 Å². The standard InChI is InChI=1S/C6H11O6P/c1-4-5(7)6(2,3)11-12-13(8,9)10/h4H,1H2,2-3H3,(H2,8,9,10). The number of phosphoric acid groups is 1. The molecule has 0 spiro atoms. The minimum absolute atomic E-state index is 0.541. The zero-order valence-electron chi connectivity index (χ0n) is 7.26. The van der Waals surface area contributed by atoms with Gasteiger partial charge in [0, 0.05) is 0 Å². The average molecular weight is 210 g/mol. The van der Waals surface area contributed by atoms with Crippen molar-refractivity contribution in [3.8, 4) is 0 Å². The van der Waals surface area contributed by atoms with Crippen molar-refractivity contribution in [3.05, 3.63) is 12.7 Å². The third-order valence-corrected chi connectivity index (χ3v) is 1.39. The minimum Gasteiger partial charge on any atom is -0.301 e. The molecule has 6 nitrogen and oxygen atoms in total. The van der Waals surface area contributed by atoms with Crippen LogP contribution in [0.5, 0.6) is 0 Å². The summed E-state index contributed by atoms with van der Waals surface area (Å²) in [6.45, 7) is 5.79. The van der Waals surface area contributed by atoms with E-state index in [4.69, 9.17) is 9.79 Å². The van der Waals surface area contributed by atoms with E-state index in [0.717, 1.165) is 6.08 Å². The molecule has 7 heteroatoms. The van der Waals surface area contributed by atoms with Crippen molar-refractivity contribution < 1.29 is 28.7 Å². The van der Waals surface area contributed by atoms with Gasteiger partial charge in [-0.3, -0.25) is 4.79 Å². The van der Waals surface area contributed by atoms with Gasteiger partial charge in [-0.15, -0.1) is 4.67 Å². The average Bonchev–Trinajstić information content (AvgIpc) is 1.98. The minimum atomic E-state index is -4.72. The first kappa shape index (κ1) is 12.5. The molecule has 76 valence electrons. The van der Waals surface area contributed by atoms with Gasteiger partial charge in [0.2, 0.25) is 0 Å². The Hall–Kier alpha value is -0.520. The van der Waals surface area contributed by atoms with Crippen LogP contribution in [0.3, 0.4) is 0 Å². The zero-order chi connectivity index (χ0) is 10.7. The van der Waals surface area contributed by atoms with Gasteiger partial charge in [0.15, 0.2) is 11.4 Å². The number of hydrogen-bond acceptors (Lipinski definition) is 4. The molecular formula is C6H11O6P. The van der Waals surface area contributed by atoms with Gasteiger partial charge in [0.1, 0.15) is 0 Å². The van der Waals surface area contributed by atoms with Gasteiger partial charge >= 0.3 is 7.82 Å². The first-order valence-corrected chi connectivity index (χ1v) is 4.82. The van der Waals surface area contributed by atoms with Gasteiger partial charge in [-0.05, 0) is 19.9 Å². The molecule has 0 atom stereocenters. The van der Waals surface area contributed by atoms with Crippen LogP contribution in [0.2, 0.25) is 0 Å². The van der Waals surface area contributed by atoms with Crippen molar-refractivity contribution in [2.24, 2.45) is 0 Å². The molecular weight excluding hydrogens is 199 g/mol. The number of rotatable bonds is 5. The summed E-state index contributed by atoms with van der Waals surface area (Å²) < 4.78 is 13.9. The molecule has 0 amide bonds. The predicted molar refractivity (Wildman–Crippen MR) is 43.5 cm³/mol. The van der Waals surface area contributed by atoms with Crippen molar-refractivity contribution >= 4 is 13.6 Å². The fourth-order valence-corrected chi connectivity index (χ4v) is 0.712. The van der Waals surface area contributed by atoms with Crippen molar-refractivity contribution in [1.29, 1.82) is 0 Å². The van der Waals surface area contributed by atoms with Crippen LogP contribution in [0.1, 0.15) is 13.8 Å². The Balaban J connectivity index is 4.27. The maximum atomic E-state index is 11.0. The molecule has 0 aliphatic rings. The summed E-state index contributed by atoms with van der Waals surface area (Å²) in [4.78, 5) is 31.8. The Morgan fingerprint density at radius 2 is 2.00 bits per heavy atom. The highest BCUT2D eigenvalue weighted by atomic mass is 31.2. The Kier molecular flexibility index (Phi) is 3.96. The molecule has 0 bridgehead atoms. The summed E-state index contributed by atoms with van der Waals surface area (Å²) in [5.41, 5.74) is -1.46. The van der Waals surface area contributed by atoms with E-state index < -0.39 is 19.2 Å². The van der Waals surface area contributed by atoms with Crippen LogP contribution in [0.15, 0.2) is 12.7 Å².